The van der Waals surface area contributed by atoms with Crippen LogP contribution in [0.2, 0.25) is 0 Å². The number of fused-ring (bicyclic) bond motifs is 3. The van der Waals surface area contributed by atoms with Gasteiger partial charge in [0.1, 0.15) is 0 Å². The maximum absolute atomic E-state index is 6.61. The summed E-state index contributed by atoms with van der Waals surface area (Å²) >= 11 is 0. The molecule has 142 valence electrons. The Morgan fingerprint density at radius 3 is 2.64 bits per heavy atom. The molecule has 2 fully saturated rings. The average Bonchev–Trinajstić information content (AvgIpc) is 2.82. The molecule has 2 saturated carbocycles. The predicted molar refractivity (Wildman–Crippen MR) is 110 cm³/mol. The molecule has 3 N–H and O–H groups in total. The number of nitrogens with one attached hydrogen (secondary N) is 1. The molecule has 0 heterocycles. The van der Waals surface area contributed by atoms with Crippen molar-refractivity contribution in [2.24, 2.45) is 34.3 Å². The highest BCUT2D eigenvalue weighted by atomic mass is 14.9. The highest BCUT2D eigenvalue weighted by Gasteiger charge is 2.58. The van der Waals surface area contributed by atoms with Gasteiger partial charge in [0.05, 0.1) is 0 Å². The third-order valence-electron chi connectivity index (χ3n) is 7.49. The van der Waals surface area contributed by atoms with E-state index in [1.165, 1.54) is 37.0 Å². The molecule has 0 aliphatic heterocycles. The molecule has 6 unspecified atom stereocenters. The molecule has 0 aromatic rings. The van der Waals surface area contributed by atoms with Gasteiger partial charge in [-0.2, -0.15) is 0 Å². The van der Waals surface area contributed by atoms with Crippen molar-refractivity contribution < 1.29 is 0 Å². The maximum atomic E-state index is 6.61. The number of nitrogens with two attached hydrogens (primary N) is 1. The Labute approximate surface area is 156 Å². The Morgan fingerprint density at radius 1 is 1.36 bits per heavy atom. The molecule has 2 heteroatoms. The van der Waals surface area contributed by atoms with Crippen LogP contribution in [0.5, 0.6) is 0 Å². The summed E-state index contributed by atoms with van der Waals surface area (Å²) in [5.74, 6) is 2.03. The SMILES string of the molecule is C=CNC1=CCC2C(CCC3(C)C(=C)CC(N)C23)C1(C)CCC.CC. The zero-order chi connectivity index (χ0) is 18.8. The summed E-state index contributed by atoms with van der Waals surface area (Å²) in [5, 5.41) is 3.46. The predicted octanol–water partition coefficient (Wildman–Crippen LogP) is 5.78. The van der Waals surface area contributed by atoms with E-state index in [0.717, 1.165) is 18.8 Å². The molecule has 0 amide bonds. The second kappa shape index (κ2) is 7.70. The Bertz CT molecular complexity index is 534. The zero-order valence-corrected chi connectivity index (χ0v) is 17.2. The third-order valence-corrected chi connectivity index (χ3v) is 7.49. The Hall–Kier alpha value is -1.02. The Morgan fingerprint density at radius 2 is 2.04 bits per heavy atom. The summed E-state index contributed by atoms with van der Waals surface area (Å²) in [7, 11) is 0. The summed E-state index contributed by atoms with van der Waals surface area (Å²) < 4.78 is 0. The second-order valence-corrected chi connectivity index (χ2v) is 8.59. The van der Waals surface area contributed by atoms with Crippen molar-refractivity contribution in [3.63, 3.8) is 0 Å². The van der Waals surface area contributed by atoms with Gasteiger partial charge in [-0.15, -0.1) is 0 Å². The van der Waals surface area contributed by atoms with Crippen LogP contribution in [0.25, 0.3) is 0 Å². The molecule has 0 aromatic carbocycles. The van der Waals surface area contributed by atoms with Crippen molar-refractivity contribution in [3.05, 3.63) is 36.7 Å². The fraction of sp³-hybridized carbons (Fsp3) is 0.739. The van der Waals surface area contributed by atoms with Crippen molar-refractivity contribution >= 4 is 0 Å². The second-order valence-electron chi connectivity index (χ2n) is 8.59. The van der Waals surface area contributed by atoms with Gasteiger partial charge in [0.25, 0.3) is 0 Å². The lowest BCUT2D eigenvalue weighted by Crippen LogP contribution is -2.52. The van der Waals surface area contributed by atoms with Crippen LogP contribution in [0.15, 0.2) is 36.7 Å². The van der Waals surface area contributed by atoms with Crippen LogP contribution in [-0.4, -0.2) is 6.04 Å². The van der Waals surface area contributed by atoms with E-state index in [-0.39, 0.29) is 10.8 Å². The van der Waals surface area contributed by atoms with E-state index < -0.39 is 0 Å². The van der Waals surface area contributed by atoms with Crippen molar-refractivity contribution in [3.8, 4) is 0 Å². The normalized spacial score (nSPS) is 42.5. The first kappa shape index (κ1) is 20.3. The van der Waals surface area contributed by atoms with Crippen LogP contribution < -0.4 is 11.1 Å². The highest BCUT2D eigenvalue weighted by Crippen LogP contribution is 2.64. The van der Waals surface area contributed by atoms with Crippen LogP contribution in [0, 0.1) is 28.6 Å². The molecular weight excluding hydrogens is 304 g/mol. The van der Waals surface area contributed by atoms with Crippen molar-refractivity contribution in [2.45, 2.75) is 79.2 Å². The molecule has 3 aliphatic rings. The smallest absolute Gasteiger partial charge is 0.0169 e. The van der Waals surface area contributed by atoms with Crippen LogP contribution >= 0.6 is 0 Å². The first-order chi connectivity index (χ1) is 11.9. The van der Waals surface area contributed by atoms with Crippen molar-refractivity contribution in [2.75, 3.05) is 0 Å². The van der Waals surface area contributed by atoms with E-state index in [2.05, 4.69) is 45.3 Å². The molecule has 25 heavy (non-hydrogen) atoms. The summed E-state index contributed by atoms with van der Waals surface area (Å²) in [4.78, 5) is 0. The lowest BCUT2D eigenvalue weighted by molar-refractivity contribution is -0.0148. The highest BCUT2D eigenvalue weighted by molar-refractivity contribution is 5.28. The molecule has 3 aliphatic carbocycles. The molecular formula is C23H40N2. The topological polar surface area (TPSA) is 38.0 Å². The van der Waals surface area contributed by atoms with Gasteiger partial charge in [-0.3, -0.25) is 0 Å². The molecule has 0 saturated heterocycles. The van der Waals surface area contributed by atoms with E-state index >= 15 is 0 Å². The van der Waals surface area contributed by atoms with Crippen LogP contribution in [-0.2, 0) is 0 Å². The summed E-state index contributed by atoms with van der Waals surface area (Å²) in [5.41, 5.74) is 9.92. The molecule has 2 nitrogen and oxygen atoms in total. The summed E-state index contributed by atoms with van der Waals surface area (Å²) in [6.07, 6.45) is 11.5. The largest absolute Gasteiger partial charge is 0.365 e. The van der Waals surface area contributed by atoms with Gasteiger partial charge in [-0.05, 0) is 61.5 Å². The summed E-state index contributed by atoms with van der Waals surface area (Å²) in [6, 6.07) is 0.300. The summed E-state index contributed by atoms with van der Waals surface area (Å²) in [6.45, 7) is 19.5. The van der Waals surface area contributed by atoms with Crippen LogP contribution in [0.1, 0.15) is 73.1 Å². The molecule has 0 radical (unpaired) electrons. The van der Waals surface area contributed by atoms with Crippen LogP contribution in [0.3, 0.4) is 0 Å². The number of allylic oxidation sites excluding steroid dienone is 2. The fourth-order valence-electron chi connectivity index (χ4n) is 6.37. The van der Waals surface area contributed by atoms with E-state index in [9.17, 15) is 0 Å². The van der Waals surface area contributed by atoms with Gasteiger partial charge in [0.15, 0.2) is 0 Å². The van der Waals surface area contributed by atoms with Gasteiger partial charge in [-0.25, -0.2) is 0 Å². The monoisotopic (exact) mass is 344 g/mol. The molecule has 3 rings (SSSR count). The molecule has 0 bridgehead atoms. The zero-order valence-electron chi connectivity index (χ0n) is 17.2. The number of hydrogen-bond acceptors (Lipinski definition) is 2. The van der Waals surface area contributed by atoms with Gasteiger partial charge >= 0.3 is 0 Å². The lowest BCUT2D eigenvalue weighted by atomic mass is 9.50. The lowest BCUT2D eigenvalue weighted by Gasteiger charge is -2.56. The van der Waals surface area contributed by atoms with Gasteiger partial charge in [0.2, 0.25) is 0 Å². The molecule has 6 atom stereocenters. The van der Waals surface area contributed by atoms with Gasteiger partial charge in [-0.1, -0.05) is 65.8 Å². The molecule has 0 spiro atoms. The van der Waals surface area contributed by atoms with Crippen LogP contribution in [0.4, 0.5) is 0 Å². The van der Waals surface area contributed by atoms with Crippen molar-refractivity contribution in [1.82, 2.24) is 5.32 Å². The van der Waals surface area contributed by atoms with Gasteiger partial charge < -0.3 is 11.1 Å². The fourth-order valence-corrected chi connectivity index (χ4v) is 6.37. The van der Waals surface area contributed by atoms with E-state index in [0.29, 0.717) is 17.9 Å². The Balaban J connectivity index is 0.00000109. The number of rotatable bonds is 4. The van der Waals surface area contributed by atoms with E-state index in [4.69, 9.17) is 5.73 Å². The Kier molecular flexibility index (Phi) is 6.25. The minimum Gasteiger partial charge on any atom is -0.365 e. The standard InChI is InChI=1S/C21H34N2.C2H6/c1-6-11-21(5)16-10-12-20(4)14(3)13-17(22)19(20)15(16)8-9-18(21)23-7-2;1-2/h7,9,15-17,19,23H,2-3,6,8,10-13,22H2,1,4-5H3;1-2H3. The quantitative estimate of drug-likeness (QED) is 0.635. The first-order valence-corrected chi connectivity index (χ1v) is 10.4. The minimum atomic E-state index is 0.233. The van der Waals surface area contributed by atoms with E-state index in [1.807, 2.05) is 20.0 Å². The maximum Gasteiger partial charge on any atom is 0.0169 e. The molecule has 0 aromatic heterocycles. The third kappa shape index (κ3) is 3.12. The van der Waals surface area contributed by atoms with Crippen molar-refractivity contribution in [1.29, 1.82) is 0 Å². The van der Waals surface area contributed by atoms with E-state index in [1.54, 1.807) is 0 Å². The van der Waals surface area contributed by atoms with Gasteiger partial charge in [0, 0.05) is 17.2 Å². The minimum absolute atomic E-state index is 0.233. The average molecular weight is 345 g/mol. The first-order valence-electron chi connectivity index (χ1n) is 10.4. The number of hydrogen-bond donors (Lipinski definition) is 2.